The number of H-pyrrole nitrogens is 1. The van der Waals surface area contributed by atoms with E-state index in [0.717, 1.165) is 67.1 Å². The van der Waals surface area contributed by atoms with Crippen molar-refractivity contribution in [2.75, 3.05) is 49.5 Å². The molecule has 2 aromatic heterocycles. The van der Waals surface area contributed by atoms with E-state index >= 15 is 0 Å². The molecule has 0 spiro atoms. The van der Waals surface area contributed by atoms with Crippen molar-refractivity contribution in [1.29, 1.82) is 0 Å². The molecule has 3 aliphatic rings. The third-order valence-electron chi connectivity index (χ3n) is 12.3. The van der Waals surface area contributed by atoms with Crippen LogP contribution in [0.3, 0.4) is 0 Å². The average Bonchev–Trinajstić information content (AvgIpc) is 3.76. The number of nitrogens with one attached hydrogen (secondary N) is 3. The number of rotatable bonds is 12. The van der Waals surface area contributed by atoms with Crippen molar-refractivity contribution < 1.29 is 32.0 Å². The number of benzene rings is 4. The van der Waals surface area contributed by atoms with Crippen LogP contribution in [0.15, 0.2) is 114 Å². The number of hydrogen-bond donors (Lipinski definition) is 3. The van der Waals surface area contributed by atoms with Gasteiger partial charge in [0, 0.05) is 73.2 Å². The predicted octanol–water partition coefficient (Wildman–Crippen LogP) is 9.38. The molecule has 0 saturated carbocycles. The van der Waals surface area contributed by atoms with Crippen LogP contribution in [0.4, 0.5) is 21.5 Å². The van der Waals surface area contributed by atoms with Gasteiger partial charge in [-0.2, -0.15) is 0 Å². The van der Waals surface area contributed by atoms with Gasteiger partial charge in [0.05, 0.1) is 27.6 Å². The Hall–Kier alpha value is -6.49. The third kappa shape index (κ3) is 9.65. The summed E-state index contributed by atoms with van der Waals surface area (Å²) in [6, 6.07) is 24.3. The van der Waals surface area contributed by atoms with E-state index in [1.807, 2.05) is 18.2 Å². The molecular formula is C48H47ClFN7O7S. The Morgan fingerprint density at radius 1 is 1.05 bits per heavy atom. The van der Waals surface area contributed by atoms with Crippen LogP contribution in [0.5, 0.6) is 17.2 Å². The van der Waals surface area contributed by atoms with Gasteiger partial charge in [0.15, 0.2) is 11.4 Å². The molecule has 0 bridgehead atoms. The molecular weight excluding hydrogens is 873 g/mol. The smallest absolute Gasteiger partial charge is 0.297 e. The predicted molar refractivity (Wildman–Crippen MR) is 248 cm³/mol. The summed E-state index contributed by atoms with van der Waals surface area (Å²) in [6.07, 6.45) is 6.56. The molecule has 1 saturated heterocycles. The molecule has 1 fully saturated rings. The Kier molecular flexibility index (Phi) is 12.0. The van der Waals surface area contributed by atoms with E-state index in [4.69, 9.17) is 21.1 Å². The number of carbonyl (C=O) groups excluding carboxylic acids is 1. The van der Waals surface area contributed by atoms with Crippen LogP contribution >= 0.6 is 11.6 Å². The lowest BCUT2D eigenvalue weighted by Gasteiger charge is -2.39. The van der Waals surface area contributed by atoms with Crippen molar-refractivity contribution in [2.45, 2.75) is 50.5 Å². The molecule has 0 unspecified atom stereocenters. The topological polar surface area (TPSA) is 172 Å². The number of sulfonamides is 1. The fourth-order valence-corrected chi connectivity index (χ4v) is 9.95. The van der Waals surface area contributed by atoms with Gasteiger partial charge >= 0.3 is 0 Å². The monoisotopic (exact) mass is 919 g/mol. The summed E-state index contributed by atoms with van der Waals surface area (Å²) in [5.74, 6) is -1.14. The van der Waals surface area contributed by atoms with Crippen LogP contribution in [0, 0.1) is 21.3 Å². The van der Waals surface area contributed by atoms with Crippen molar-refractivity contribution in [3.8, 4) is 17.2 Å². The van der Waals surface area contributed by atoms with E-state index < -0.39 is 43.3 Å². The first-order valence-corrected chi connectivity index (χ1v) is 23.3. The van der Waals surface area contributed by atoms with Gasteiger partial charge in [-0.05, 0) is 90.3 Å². The molecule has 4 aromatic carbocycles. The maximum atomic E-state index is 14.4. The maximum Gasteiger partial charge on any atom is 0.297 e. The molecule has 17 heteroatoms. The van der Waals surface area contributed by atoms with Gasteiger partial charge in [-0.25, -0.2) is 22.5 Å². The van der Waals surface area contributed by atoms with Crippen LogP contribution in [0.1, 0.15) is 54.6 Å². The van der Waals surface area contributed by atoms with Crippen LogP contribution < -0.4 is 24.4 Å². The molecule has 1 aliphatic carbocycles. The number of allylic oxidation sites excluding steroid dienone is 1. The minimum Gasteiger partial charge on any atom is -0.489 e. The second-order valence-electron chi connectivity index (χ2n) is 17.5. The zero-order valence-corrected chi connectivity index (χ0v) is 37.3. The lowest BCUT2D eigenvalue weighted by Crippen LogP contribution is -2.47. The van der Waals surface area contributed by atoms with Gasteiger partial charge in [-0.15, -0.1) is 0 Å². The van der Waals surface area contributed by atoms with E-state index in [2.05, 4.69) is 55.8 Å². The molecule has 6 aromatic rings. The van der Waals surface area contributed by atoms with Crippen LogP contribution in [-0.4, -0.2) is 79.5 Å². The Balaban J connectivity index is 0.945. The van der Waals surface area contributed by atoms with Crippen molar-refractivity contribution >= 4 is 61.2 Å². The Morgan fingerprint density at radius 2 is 1.83 bits per heavy atom. The number of piperazine rings is 1. The Bertz CT molecular complexity index is 2950. The summed E-state index contributed by atoms with van der Waals surface area (Å²) >= 11 is 6.24. The highest BCUT2D eigenvalue weighted by molar-refractivity contribution is 7.90. The van der Waals surface area contributed by atoms with Crippen molar-refractivity contribution in [3.63, 3.8) is 0 Å². The van der Waals surface area contributed by atoms with Crippen LogP contribution in [-0.2, 0) is 16.4 Å². The highest BCUT2D eigenvalue weighted by Crippen LogP contribution is 2.44. The van der Waals surface area contributed by atoms with Crippen molar-refractivity contribution in [3.05, 3.63) is 147 Å². The third-order valence-corrected chi connectivity index (χ3v) is 13.9. The second-order valence-corrected chi connectivity index (χ2v) is 19.6. The van der Waals surface area contributed by atoms with Gasteiger partial charge in [0.1, 0.15) is 29.6 Å². The lowest BCUT2D eigenvalue weighted by atomic mass is 9.72. The first kappa shape index (κ1) is 43.7. The molecule has 1 atom stereocenters. The average molecular weight is 920 g/mol. The normalized spacial score (nSPS) is 17.5. The summed E-state index contributed by atoms with van der Waals surface area (Å²) in [6.45, 7) is 8.47. The molecule has 65 heavy (non-hydrogen) atoms. The fourth-order valence-electron chi connectivity index (χ4n) is 8.83. The first-order valence-electron chi connectivity index (χ1n) is 21.4. The summed E-state index contributed by atoms with van der Waals surface area (Å²) in [5, 5.41) is 16.8. The molecule has 336 valence electrons. The molecule has 1 amide bonds. The Labute approximate surface area is 380 Å². The molecule has 4 heterocycles. The number of amides is 1. The number of anilines is 2. The van der Waals surface area contributed by atoms with E-state index in [-0.39, 0.29) is 41.2 Å². The van der Waals surface area contributed by atoms with Gasteiger partial charge in [0.2, 0.25) is 0 Å². The SMILES string of the molecule is CC1(C)CCC(CN2CCN(c3ccc(C(=O)NS(=O)(=O)c4cc5c(c([N+](=O)[O-])c4)N[C@H](Cc4ccccc4F)CO5)c(Oc4cnc5[nH]ccc5c4)c3)CC2)=C(c2ccc(Cl)cc2)C1. The zero-order valence-electron chi connectivity index (χ0n) is 35.8. The number of pyridine rings is 1. The number of aromatic amines is 1. The summed E-state index contributed by atoms with van der Waals surface area (Å²) in [4.78, 5) is 37.2. The number of aromatic nitrogens is 2. The standard InChI is InChI=1S/C48H47ClFN7O7S/c1-48(2)15-13-33(40(26-48)30-7-9-34(49)10-8-30)28-55-17-19-56(20-18-55)36-11-12-39(43(23-36)64-37-22-32-14-16-51-46(32)52-27-37)47(58)54-65(61,62)38-24-42(57(59)60)45-44(25-38)63-29-35(53-45)21-31-5-3-4-6-41(31)50/h3-12,14,16,22-25,27,35,53H,13,15,17-21,26,28-29H2,1-2H3,(H,51,52)(H,54,58)/t35-/m1/s1. The summed E-state index contributed by atoms with van der Waals surface area (Å²) in [7, 11) is -4.71. The number of halogens is 2. The number of nitro groups is 1. The van der Waals surface area contributed by atoms with Crippen LogP contribution in [0.25, 0.3) is 16.6 Å². The quantitative estimate of drug-likeness (QED) is 0.0789. The number of hydrogen-bond acceptors (Lipinski definition) is 11. The molecule has 0 radical (unpaired) electrons. The number of ether oxygens (including phenoxy) is 2. The molecule has 9 rings (SSSR count). The van der Waals surface area contributed by atoms with Gasteiger partial charge in [-0.1, -0.05) is 61.4 Å². The molecule has 14 nitrogen and oxygen atoms in total. The van der Waals surface area contributed by atoms with E-state index in [1.165, 1.54) is 35.0 Å². The minimum atomic E-state index is -4.71. The highest BCUT2D eigenvalue weighted by Gasteiger charge is 2.33. The fraction of sp³-hybridized carbons (Fsp3) is 0.292. The zero-order chi connectivity index (χ0) is 45.5. The number of carbonyl (C=O) groups is 1. The maximum absolute atomic E-state index is 14.4. The Morgan fingerprint density at radius 3 is 2.60 bits per heavy atom. The minimum absolute atomic E-state index is 0.0261. The van der Waals surface area contributed by atoms with Gasteiger partial charge in [-0.3, -0.25) is 19.8 Å². The van der Waals surface area contributed by atoms with Crippen LogP contribution in [0.2, 0.25) is 5.02 Å². The molecule has 2 aliphatic heterocycles. The van der Waals surface area contributed by atoms with Crippen molar-refractivity contribution in [2.24, 2.45) is 5.41 Å². The number of fused-ring (bicyclic) bond motifs is 2. The number of nitro benzene ring substituents is 1. The summed E-state index contributed by atoms with van der Waals surface area (Å²) < 4.78 is 56.4. The van der Waals surface area contributed by atoms with Gasteiger partial charge < -0.3 is 24.7 Å². The number of nitrogens with zero attached hydrogens (tertiary/aromatic N) is 4. The molecule has 3 N–H and O–H groups in total. The second kappa shape index (κ2) is 17.8. The lowest BCUT2D eigenvalue weighted by molar-refractivity contribution is -0.384. The van der Waals surface area contributed by atoms with Crippen molar-refractivity contribution in [1.82, 2.24) is 19.6 Å². The first-order chi connectivity index (χ1) is 31.2. The van der Waals surface area contributed by atoms with Gasteiger partial charge in [0.25, 0.3) is 21.6 Å². The highest BCUT2D eigenvalue weighted by atomic mass is 35.5. The largest absolute Gasteiger partial charge is 0.489 e. The van der Waals surface area contributed by atoms with E-state index in [9.17, 15) is 27.7 Å². The van der Waals surface area contributed by atoms with E-state index in [1.54, 1.807) is 42.6 Å². The summed E-state index contributed by atoms with van der Waals surface area (Å²) in [5.41, 5.74) is 5.35. The van der Waals surface area contributed by atoms with E-state index in [0.29, 0.717) is 30.0 Å².